The number of hydrogen-bond donors (Lipinski definition) is 2. The van der Waals surface area contributed by atoms with Gasteiger partial charge in [-0.2, -0.15) is 0 Å². The van der Waals surface area contributed by atoms with Crippen molar-refractivity contribution in [2.45, 2.75) is 13.2 Å². The molecule has 1 heterocycles. The van der Waals surface area contributed by atoms with Crippen LogP contribution < -0.4 is 5.46 Å². The third kappa shape index (κ3) is 1.05. The molecule has 0 atom stereocenters. The van der Waals surface area contributed by atoms with Gasteiger partial charge in [0.1, 0.15) is 0 Å². The Morgan fingerprint density at radius 2 is 2.33 bits per heavy atom. The zero-order valence-corrected chi connectivity index (χ0v) is 6.53. The van der Waals surface area contributed by atoms with Gasteiger partial charge in [-0.25, -0.2) is 0 Å². The molecule has 0 aromatic heterocycles. The van der Waals surface area contributed by atoms with Crippen molar-refractivity contribution in [2.75, 3.05) is 0 Å². The minimum atomic E-state index is -0.813. The van der Waals surface area contributed by atoms with E-state index in [2.05, 4.69) is 0 Å². The smallest absolute Gasteiger partial charge is 0.423 e. The van der Waals surface area contributed by atoms with Gasteiger partial charge in [-0.15, -0.1) is 0 Å². The van der Waals surface area contributed by atoms with Gasteiger partial charge in [0.15, 0.2) is 0 Å². The standard InChI is InChI=1S/C8H9BO3/c10-4-6-2-1-3-8-7(6)5-12-9(8)11/h1-3,10-11H,4-5H2. The van der Waals surface area contributed by atoms with Crippen LogP contribution in [0.15, 0.2) is 18.2 Å². The number of rotatable bonds is 1. The molecule has 0 spiro atoms. The Bertz CT molecular complexity index is 300. The fraction of sp³-hybridized carbons (Fsp3) is 0.250. The second-order valence-corrected chi connectivity index (χ2v) is 2.81. The minimum absolute atomic E-state index is 0.000741. The van der Waals surface area contributed by atoms with Crippen molar-refractivity contribution >= 4 is 12.6 Å². The van der Waals surface area contributed by atoms with Crippen LogP contribution in [0.2, 0.25) is 0 Å². The largest absolute Gasteiger partial charge is 0.491 e. The highest BCUT2D eigenvalue weighted by molar-refractivity contribution is 6.61. The molecule has 0 radical (unpaired) electrons. The highest BCUT2D eigenvalue weighted by Crippen LogP contribution is 2.14. The predicted octanol–water partition coefficient (Wildman–Crippen LogP) is -0.603. The molecule has 0 bridgehead atoms. The molecule has 0 saturated carbocycles. The summed E-state index contributed by atoms with van der Waals surface area (Å²) in [6.07, 6.45) is 0. The van der Waals surface area contributed by atoms with Crippen molar-refractivity contribution in [2.24, 2.45) is 0 Å². The van der Waals surface area contributed by atoms with Crippen LogP contribution in [0.25, 0.3) is 0 Å². The maximum absolute atomic E-state index is 9.30. The molecule has 1 aliphatic heterocycles. The molecule has 12 heavy (non-hydrogen) atoms. The molecule has 0 fully saturated rings. The van der Waals surface area contributed by atoms with Gasteiger partial charge < -0.3 is 14.8 Å². The zero-order chi connectivity index (χ0) is 8.55. The van der Waals surface area contributed by atoms with E-state index in [0.29, 0.717) is 6.61 Å². The molecule has 1 aromatic rings. The summed E-state index contributed by atoms with van der Waals surface area (Å²) >= 11 is 0. The zero-order valence-electron chi connectivity index (χ0n) is 6.53. The molecular weight excluding hydrogens is 155 g/mol. The quantitative estimate of drug-likeness (QED) is 0.544. The van der Waals surface area contributed by atoms with Gasteiger partial charge in [-0.05, 0) is 16.6 Å². The Labute approximate surface area is 70.8 Å². The summed E-state index contributed by atoms with van der Waals surface area (Å²) in [5.41, 5.74) is 2.54. The first kappa shape index (κ1) is 7.80. The van der Waals surface area contributed by atoms with Gasteiger partial charge in [-0.3, -0.25) is 0 Å². The maximum atomic E-state index is 9.30. The van der Waals surface area contributed by atoms with E-state index < -0.39 is 7.12 Å². The van der Waals surface area contributed by atoms with Crippen molar-refractivity contribution in [1.29, 1.82) is 0 Å². The summed E-state index contributed by atoms with van der Waals surface area (Å²) in [6, 6.07) is 5.45. The first-order valence-corrected chi connectivity index (χ1v) is 3.84. The van der Waals surface area contributed by atoms with Gasteiger partial charge >= 0.3 is 7.12 Å². The summed E-state index contributed by atoms with van der Waals surface area (Å²) in [5.74, 6) is 0. The average Bonchev–Trinajstić information content (AvgIpc) is 2.48. The van der Waals surface area contributed by atoms with Crippen LogP contribution in [0.5, 0.6) is 0 Å². The van der Waals surface area contributed by atoms with Crippen LogP contribution in [0.3, 0.4) is 0 Å². The molecule has 2 N–H and O–H groups in total. The Morgan fingerprint density at radius 3 is 3.08 bits per heavy atom. The molecule has 2 rings (SSSR count). The van der Waals surface area contributed by atoms with Crippen molar-refractivity contribution in [3.63, 3.8) is 0 Å². The molecule has 0 amide bonds. The second-order valence-electron chi connectivity index (χ2n) is 2.81. The second kappa shape index (κ2) is 2.90. The molecule has 62 valence electrons. The van der Waals surface area contributed by atoms with Crippen molar-refractivity contribution in [3.05, 3.63) is 29.3 Å². The van der Waals surface area contributed by atoms with Crippen molar-refractivity contribution < 1.29 is 14.8 Å². The monoisotopic (exact) mass is 164 g/mol. The molecule has 1 aromatic carbocycles. The first-order chi connectivity index (χ1) is 5.83. The molecule has 3 nitrogen and oxygen atoms in total. The summed E-state index contributed by atoms with van der Waals surface area (Å²) in [4.78, 5) is 0. The number of benzene rings is 1. The van der Waals surface area contributed by atoms with E-state index >= 15 is 0 Å². The van der Waals surface area contributed by atoms with Gasteiger partial charge in [-0.1, -0.05) is 18.2 Å². The predicted molar refractivity (Wildman–Crippen MR) is 44.8 cm³/mol. The summed E-state index contributed by atoms with van der Waals surface area (Å²) < 4.78 is 5.01. The SMILES string of the molecule is OCc1cccc2c1COB2O. The molecule has 4 heteroatoms. The highest BCUT2D eigenvalue weighted by Gasteiger charge is 2.28. The van der Waals surface area contributed by atoms with E-state index in [-0.39, 0.29) is 6.61 Å². The van der Waals surface area contributed by atoms with Crippen LogP contribution in [-0.4, -0.2) is 17.2 Å². The fourth-order valence-electron chi connectivity index (χ4n) is 1.46. The lowest BCUT2D eigenvalue weighted by molar-refractivity contribution is 0.262. The van der Waals surface area contributed by atoms with Gasteiger partial charge in [0.05, 0.1) is 13.2 Å². The highest BCUT2D eigenvalue weighted by atomic mass is 16.5. The molecule has 0 saturated heterocycles. The normalized spacial score (nSPS) is 15.0. The minimum Gasteiger partial charge on any atom is -0.423 e. The molecule has 0 aliphatic carbocycles. The van der Waals surface area contributed by atoms with Crippen molar-refractivity contribution in [1.82, 2.24) is 0 Å². The van der Waals surface area contributed by atoms with Crippen LogP contribution in [0, 0.1) is 0 Å². The van der Waals surface area contributed by atoms with Crippen LogP contribution in [-0.2, 0) is 17.9 Å². The summed E-state index contributed by atoms with van der Waals surface area (Å²) in [6.45, 7) is 0.395. The van der Waals surface area contributed by atoms with Crippen LogP contribution >= 0.6 is 0 Å². The van der Waals surface area contributed by atoms with E-state index in [1.165, 1.54) is 0 Å². The Hall–Kier alpha value is -0.835. The molecule has 1 aliphatic rings. The van der Waals surface area contributed by atoms with E-state index in [0.717, 1.165) is 16.6 Å². The lowest BCUT2D eigenvalue weighted by Crippen LogP contribution is -2.28. The molecular formula is C8H9BO3. The van der Waals surface area contributed by atoms with E-state index in [4.69, 9.17) is 9.76 Å². The first-order valence-electron chi connectivity index (χ1n) is 3.84. The number of hydrogen-bond acceptors (Lipinski definition) is 3. The van der Waals surface area contributed by atoms with Gasteiger partial charge in [0.25, 0.3) is 0 Å². The summed E-state index contributed by atoms with van der Waals surface area (Å²) in [5, 5.41) is 18.2. The van der Waals surface area contributed by atoms with E-state index in [1.54, 1.807) is 0 Å². The summed E-state index contributed by atoms with van der Waals surface area (Å²) in [7, 11) is -0.813. The lowest BCUT2D eigenvalue weighted by Gasteiger charge is -2.02. The Morgan fingerprint density at radius 1 is 1.50 bits per heavy atom. The molecule has 0 unspecified atom stereocenters. The number of aliphatic hydroxyl groups excluding tert-OH is 1. The fourth-order valence-corrected chi connectivity index (χ4v) is 1.46. The van der Waals surface area contributed by atoms with Gasteiger partial charge in [0.2, 0.25) is 0 Å². The van der Waals surface area contributed by atoms with Crippen LogP contribution in [0.4, 0.5) is 0 Å². The van der Waals surface area contributed by atoms with Crippen LogP contribution in [0.1, 0.15) is 11.1 Å². The van der Waals surface area contributed by atoms with Gasteiger partial charge in [0, 0.05) is 0 Å². The Balaban J connectivity index is 2.50. The average molecular weight is 164 g/mol. The lowest BCUT2D eigenvalue weighted by atomic mass is 9.78. The third-order valence-corrected chi connectivity index (χ3v) is 2.13. The maximum Gasteiger partial charge on any atom is 0.491 e. The van der Waals surface area contributed by atoms with Crippen molar-refractivity contribution in [3.8, 4) is 0 Å². The number of fused-ring (bicyclic) bond motifs is 1. The van der Waals surface area contributed by atoms with E-state index in [1.807, 2.05) is 18.2 Å². The van der Waals surface area contributed by atoms with E-state index in [9.17, 15) is 5.02 Å². The number of aliphatic hydroxyl groups is 1. The topological polar surface area (TPSA) is 49.7 Å². The third-order valence-electron chi connectivity index (χ3n) is 2.13. The Kier molecular flexibility index (Phi) is 1.88.